The molecule has 0 aliphatic carbocycles. The van der Waals surface area contributed by atoms with Crippen molar-refractivity contribution in [1.29, 1.82) is 0 Å². The average molecular weight is 294 g/mol. The molecule has 7 heteroatoms. The first-order chi connectivity index (χ1) is 8.91. The number of benzene rings is 1. The third-order valence-electron chi connectivity index (χ3n) is 2.79. The van der Waals surface area contributed by atoms with Crippen LogP contribution in [0.4, 0.5) is 5.69 Å². The molecule has 0 saturated carbocycles. The topological polar surface area (TPSA) is 63.5 Å². The lowest BCUT2D eigenvalue weighted by Crippen LogP contribution is -2.22. The number of nitro groups is 1. The molecule has 1 fully saturated rings. The van der Waals surface area contributed by atoms with E-state index in [1.807, 2.05) is 0 Å². The van der Waals surface area contributed by atoms with Gasteiger partial charge in [0.2, 0.25) is 0 Å². The smallest absolute Gasteiger partial charge is 0.270 e. The van der Waals surface area contributed by atoms with Gasteiger partial charge in [0.25, 0.3) is 11.6 Å². The fourth-order valence-electron chi connectivity index (χ4n) is 1.66. The van der Waals surface area contributed by atoms with Gasteiger partial charge in [-0.05, 0) is 18.1 Å². The Morgan fingerprint density at radius 2 is 2.16 bits per heavy atom. The molecular formula is C12H10N2O3S2. The zero-order valence-corrected chi connectivity index (χ0v) is 11.9. The quantitative estimate of drug-likeness (QED) is 0.363. The standard InChI is InChI=1S/C12H10N2O3S2/c1-7(10-11(15)13(2)12(18)19-10)8-4-3-5-9(6-8)14(16)17/h3-6H,1-2H3/b10-7-. The van der Waals surface area contributed by atoms with Gasteiger partial charge in [-0.15, -0.1) is 0 Å². The molecule has 0 spiro atoms. The van der Waals surface area contributed by atoms with E-state index in [2.05, 4.69) is 0 Å². The lowest BCUT2D eigenvalue weighted by molar-refractivity contribution is -0.384. The van der Waals surface area contributed by atoms with Crippen LogP contribution in [0.1, 0.15) is 12.5 Å². The van der Waals surface area contributed by atoms with Gasteiger partial charge in [-0.3, -0.25) is 19.8 Å². The first-order valence-corrected chi connectivity index (χ1v) is 6.60. The minimum Gasteiger partial charge on any atom is -0.296 e. The number of nitro benzene ring substituents is 1. The number of carbonyl (C=O) groups is 1. The molecule has 0 bridgehead atoms. The Morgan fingerprint density at radius 3 is 2.68 bits per heavy atom. The maximum Gasteiger partial charge on any atom is 0.270 e. The van der Waals surface area contributed by atoms with Gasteiger partial charge in [-0.2, -0.15) is 0 Å². The monoisotopic (exact) mass is 294 g/mol. The van der Waals surface area contributed by atoms with E-state index in [4.69, 9.17) is 12.2 Å². The van der Waals surface area contributed by atoms with E-state index in [0.717, 1.165) is 0 Å². The molecule has 2 rings (SSSR count). The third-order valence-corrected chi connectivity index (χ3v) is 4.45. The van der Waals surface area contributed by atoms with E-state index in [0.29, 0.717) is 20.4 Å². The number of allylic oxidation sites excluding steroid dienone is 1. The van der Waals surface area contributed by atoms with Gasteiger partial charge < -0.3 is 0 Å². The van der Waals surface area contributed by atoms with Crippen LogP contribution in [0.2, 0.25) is 0 Å². The molecule has 0 radical (unpaired) electrons. The van der Waals surface area contributed by atoms with Crippen LogP contribution in [0.3, 0.4) is 0 Å². The molecule has 1 heterocycles. The largest absolute Gasteiger partial charge is 0.296 e. The minimum atomic E-state index is -0.457. The molecule has 19 heavy (non-hydrogen) atoms. The average Bonchev–Trinajstić information content (AvgIpc) is 2.66. The highest BCUT2D eigenvalue weighted by Gasteiger charge is 2.30. The molecule has 98 valence electrons. The van der Waals surface area contributed by atoms with Crippen LogP contribution in [-0.4, -0.2) is 27.1 Å². The summed E-state index contributed by atoms with van der Waals surface area (Å²) in [6, 6.07) is 6.22. The van der Waals surface area contributed by atoms with Gasteiger partial charge in [0.1, 0.15) is 4.32 Å². The summed E-state index contributed by atoms with van der Waals surface area (Å²) >= 11 is 6.27. The number of hydrogen-bond donors (Lipinski definition) is 0. The lowest BCUT2D eigenvalue weighted by Gasteiger charge is -2.06. The first-order valence-electron chi connectivity index (χ1n) is 5.37. The van der Waals surface area contributed by atoms with Crippen LogP contribution in [-0.2, 0) is 4.79 Å². The Labute approximate surface area is 119 Å². The van der Waals surface area contributed by atoms with E-state index in [9.17, 15) is 14.9 Å². The molecule has 0 atom stereocenters. The van der Waals surface area contributed by atoms with Crippen molar-refractivity contribution in [1.82, 2.24) is 4.90 Å². The summed E-state index contributed by atoms with van der Waals surface area (Å²) < 4.78 is 0.491. The van der Waals surface area contributed by atoms with Crippen molar-refractivity contribution in [3.63, 3.8) is 0 Å². The van der Waals surface area contributed by atoms with E-state index >= 15 is 0 Å². The van der Waals surface area contributed by atoms with Gasteiger partial charge in [0, 0.05) is 19.2 Å². The number of thiocarbonyl (C=S) groups is 1. The van der Waals surface area contributed by atoms with Crippen molar-refractivity contribution < 1.29 is 9.72 Å². The highest BCUT2D eigenvalue weighted by molar-refractivity contribution is 8.26. The summed E-state index contributed by atoms with van der Waals surface area (Å²) in [7, 11) is 1.62. The molecule has 1 aromatic rings. The van der Waals surface area contributed by atoms with Gasteiger partial charge in [0.15, 0.2) is 0 Å². The van der Waals surface area contributed by atoms with Crippen molar-refractivity contribution in [2.45, 2.75) is 6.92 Å². The summed E-state index contributed by atoms with van der Waals surface area (Å²) in [6.07, 6.45) is 0. The Balaban J connectivity index is 2.47. The van der Waals surface area contributed by atoms with Crippen molar-refractivity contribution in [3.05, 3.63) is 44.8 Å². The summed E-state index contributed by atoms with van der Waals surface area (Å²) in [5.74, 6) is -0.168. The number of non-ortho nitro benzene ring substituents is 1. The minimum absolute atomic E-state index is 0.00354. The van der Waals surface area contributed by atoms with Gasteiger partial charge in [0.05, 0.1) is 9.83 Å². The molecule has 1 saturated heterocycles. The molecule has 1 aromatic carbocycles. The highest BCUT2D eigenvalue weighted by atomic mass is 32.2. The summed E-state index contributed by atoms with van der Waals surface area (Å²) in [5.41, 5.74) is 1.36. The second-order valence-electron chi connectivity index (χ2n) is 3.99. The van der Waals surface area contributed by atoms with Gasteiger partial charge >= 0.3 is 0 Å². The van der Waals surface area contributed by atoms with Crippen LogP contribution >= 0.6 is 24.0 Å². The Kier molecular flexibility index (Phi) is 3.68. The number of hydrogen-bond acceptors (Lipinski definition) is 5. The van der Waals surface area contributed by atoms with Crippen LogP contribution in [0.25, 0.3) is 5.57 Å². The molecule has 0 unspecified atom stereocenters. The zero-order valence-electron chi connectivity index (χ0n) is 10.2. The number of amides is 1. The second kappa shape index (κ2) is 5.10. The summed E-state index contributed by atoms with van der Waals surface area (Å²) in [6.45, 7) is 1.76. The van der Waals surface area contributed by atoms with E-state index in [1.165, 1.54) is 28.8 Å². The van der Waals surface area contributed by atoms with E-state index < -0.39 is 4.92 Å². The highest BCUT2D eigenvalue weighted by Crippen LogP contribution is 2.36. The maximum atomic E-state index is 12.0. The van der Waals surface area contributed by atoms with E-state index in [-0.39, 0.29) is 11.6 Å². The van der Waals surface area contributed by atoms with Crippen molar-refractivity contribution >= 4 is 45.5 Å². The van der Waals surface area contributed by atoms with Crippen molar-refractivity contribution in [2.75, 3.05) is 7.05 Å². The fourth-order valence-corrected chi connectivity index (χ4v) is 2.88. The second-order valence-corrected chi connectivity index (χ2v) is 5.64. The first kappa shape index (κ1) is 13.7. The third kappa shape index (κ3) is 2.52. The summed E-state index contributed by atoms with van der Waals surface area (Å²) in [5, 5.41) is 10.8. The predicted octanol–water partition coefficient (Wildman–Crippen LogP) is 2.82. The van der Waals surface area contributed by atoms with Crippen molar-refractivity contribution in [2.24, 2.45) is 0 Å². The maximum absolute atomic E-state index is 12.0. The Bertz CT molecular complexity index is 625. The number of nitrogens with zero attached hydrogens (tertiary/aromatic N) is 2. The summed E-state index contributed by atoms with van der Waals surface area (Å²) in [4.78, 5) is 24.2. The molecule has 0 aromatic heterocycles. The predicted molar refractivity (Wildman–Crippen MR) is 78.6 cm³/mol. The van der Waals surface area contributed by atoms with E-state index in [1.54, 1.807) is 26.1 Å². The van der Waals surface area contributed by atoms with Crippen LogP contribution in [0.15, 0.2) is 29.2 Å². The van der Waals surface area contributed by atoms with Crippen LogP contribution < -0.4 is 0 Å². The molecular weight excluding hydrogens is 284 g/mol. The normalized spacial score (nSPS) is 17.9. The molecule has 1 aliphatic rings. The molecule has 5 nitrogen and oxygen atoms in total. The number of rotatable bonds is 2. The van der Waals surface area contributed by atoms with Crippen molar-refractivity contribution in [3.8, 4) is 0 Å². The SMILES string of the molecule is C/C(=C1/SC(=S)N(C)C1=O)c1cccc([N+](=O)[O-])c1. The Hall–Kier alpha value is -1.73. The molecule has 0 N–H and O–H groups in total. The number of likely N-dealkylation sites (N-methyl/N-ethyl adjacent to an activating group) is 1. The lowest BCUT2D eigenvalue weighted by atomic mass is 10.1. The fraction of sp³-hybridized carbons (Fsp3) is 0.167. The molecule has 1 amide bonds. The van der Waals surface area contributed by atoms with Gasteiger partial charge in [-0.25, -0.2) is 0 Å². The number of thioether (sulfide) groups is 1. The number of carbonyl (C=O) groups excluding carboxylic acids is 1. The van der Waals surface area contributed by atoms with Crippen LogP contribution in [0, 0.1) is 10.1 Å². The van der Waals surface area contributed by atoms with Gasteiger partial charge in [-0.1, -0.05) is 36.1 Å². The van der Waals surface area contributed by atoms with Crippen LogP contribution in [0.5, 0.6) is 0 Å². The Morgan fingerprint density at radius 1 is 1.47 bits per heavy atom. The zero-order chi connectivity index (χ0) is 14.2. The molecule has 1 aliphatic heterocycles.